The number of hydrogen-bond donors (Lipinski definition) is 2. The monoisotopic (exact) mass is 154 g/mol. The summed E-state index contributed by atoms with van der Waals surface area (Å²) in [6, 6.07) is 0. The highest BCUT2D eigenvalue weighted by molar-refractivity contribution is 5.79. The summed E-state index contributed by atoms with van der Waals surface area (Å²) < 4.78 is 0. The Kier molecular flexibility index (Phi) is 1.68. The van der Waals surface area contributed by atoms with E-state index in [9.17, 15) is 4.79 Å². The topological polar surface area (TPSA) is 66.0 Å². The second-order valence-corrected chi connectivity index (χ2v) is 2.92. The van der Waals surface area contributed by atoms with Gasteiger partial charge < -0.3 is 5.11 Å². The van der Waals surface area contributed by atoms with Crippen molar-refractivity contribution in [2.75, 3.05) is 0 Å². The van der Waals surface area contributed by atoms with Crippen LogP contribution in [-0.2, 0) is 10.2 Å². The van der Waals surface area contributed by atoms with Crippen LogP contribution < -0.4 is 0 Å². The molecule has 0 aromatic carbocycles. The van der Waals surface area contributed by atoms with Crippen molar-refractivity contribution in [1.29, 1.82) is 0 Å². The van der Waals surface area contributed by atoms with Crippen LogP contribution in [0.3, 0.4) is 0 Å². The number of nitrogens with zero attached hydrogens (tertiary/aromatic N) is 1. The molecule has 0 aliphatic heterocycles. The number of aliphatic carboxylic acids is 1. The van der Waals surface area contributed by atoms with Crippen molar-refractivity contribution < 1.29 is 9.90 Å². The van der Waals surface area contributed by atoms with Gasteiger partial charge in [0.2, 0.25) is 0 Å². The van der Waals surface area contributed by atoms with E-state index in [1.54, 1.807) is 20.0 Å². The van der Waals surface area contributed by atoms with Crippen LogP contribution in [0.2, 0.25) is 0 Å². The van der Waals surface area contributed by atoms with Gasteiger partial charge in [0.15, 0.2) is 0 Å². The lowest BCUT2D eigenvalue weighted by Crippen LogP contribution is -2.27. The SMILES string of the molecule is CC(C)(C(=O)O)c1cn[nH]c1. The Balaban J connectivity index is 3.00. The third-order valence-electron chi connectivity index (χ3n) is 1.75. The van der Waals surface area contributed by atoms with Gasteiger partial charge in [0.05, 0.1) is 11.6 Å². The average molecular weight is 154 g/mol. The van der Waals surface area contributed by atoms with Gasteiger partial charge in [-0.25, -0.2) is 0 Å². The number of hydrogen-bond acceptors (Lipinski definition) is 2. The Bertz CT molecular complexity index is 251. The van der Waals surface area contributed by atoms with Crippen LogP contribution in [0, 0.1) is 0 Å². The molecule has 4 nitrogen and oxygen atoms in total. The maximum atomic E-state index is 10.7. The van der Waals surface area contributed by atoms with Gasteiger partial charge in [-0.2, -0.15) is 5.10 Å². The van der Waals surface area contributed by atoms with E-state index >= 15 is 0 Å². The Hall–Kier alpha value is -1.32. The number of aromatic nitrogens is 2. The normalized spacial score (nSPS) is 11.5. The molecule has 60 valence electrons. The second kappa shape index (κ2) is 2.38. The van der Waals surface area contributed by atoms with E-state index in [2.05, 4.69) is 10.2 Å². The minimum atomic E-state index is -0.854. The second-order valence-electron chi connectivity index (χ2n) is 2.92. The van der Waals surface area contributed by atoms with Crippen LogP contribution in [0.15, 0.2) is 12.4 Å². The molecule has 4 heteroatoms. The third kappa shape index (κ3) is 1.24. The van der Waals surface area contributed by atoms with Crippen molar-refractivity contribution in [2.45, 2.75) is 19.3 Å². The van der Waals surface area contributed by atoms with E-state index in [1.807, 2.05) is 0 Å². The van der Waals surface area contributed by atoms with Crippen LogP contribution in [0.25, 0.3) is 0 Å². The highest BCUT2D eigenvalue weighted by Crippen LogP contribution is 2.21. The molecule has 1 rings (SSSR count). The zero-order valence-electron chi connectivity index (χ0n) is 6.46. The molecule has 0 radical (unpaired) electrons. The summed E-state index contributed by atoms with van der Waals surface area (Å²) in [6.45, 7) is 3.28. The molecular weight excluding hydrogens is 144 g/mol. The first kappa shape index (κ1) is 7.78. The van der Waals surface area contributed by atoms with Crippen molar-refractivity contribution in [1.82, 2.24) is 10.2 Å². The summed E-state index contributed by atoms with van der Waals surface area (Å²) in [5.74, 6) is -0.848. The fourth-order valence-corrected chi connectivity index (χ4v) is 0.716. The van der Waals surface area contributed by atoms with Gasteiger partial charge >= 0.3 is 5.97 Å². The van der Waals surface area contributed by atoms with Crippen LogP contribution >= 0.6 is 0 Å². The van der Waals surface area contributed by atoms with Crippen LogP contribution in [-0.4, -0.2) is 21.3 Å². The van der Waals surface area contributed by atoms with E-state index in [1.165, 1.54) is 6.20 Å². The van der Waals surface area contributed by atoms with Gasteiger partial charge in [-0.05, 0) is 13.8 Å². The molecule has 0 saturated carbocycles. The molecule has 0 spiro atoms. The van der Waals surface area contributed by atoms with Gasteiger partial charge in [-0.3, -0.25) is 9.89 Å². The number of carboxylic acids is 1. The lowest BCUT2D eigenvalue weighted by atomic mass is 9.87. The number of nitrogens with one attached hydrogen (secondary N) is 1. The summed E-state index contributed by atoms with van der Waals surface area (Å²) >= 11 is 0. The lowest BCUT2D eigenvalue weighted by molar-refractivity contribution is -0.142. The molecule has 0 saturated heterocycles. The third-order valence-corrected chi connectivity index (χ3v) is 1.75. The molecule has 1 aromatic heterocycles. The first-order chi connectivity index (χ1) is 5.05. The molecule has 0 atom stereocenters. The van der Waals surface area contributed by atoms with Crippen molar-refractivity contribution in [3.05, 3.63) is 18.0 Å². The van der Waals surface area contributed by atoms with E-state index in [0.29, 0.717) is 5.56 Å². The van der Waals surface area contributed by atoms with Gasteiger partial charge in [0.25, 0.3) is 0 Å². The predicted octanol–water partition coefficient (Wildman–Crippen LogP) is 0.772. The van der Waals surface area contributed by atoms with Gasteiger partial charge in [-0.1, -0.05) is 0 Å². The maximum absolute atomic E-state index is 10.7. The molecule has 1 heterocycles. The zero-order valence-corrected chi connectivity index (χ0v) is 6.46. The Morgan fingerprint density at radius 2 is 2.36 bits per heavy atom. The smallest absolute Gasteiger partial charge is 0.313 e. The van der Waals surface area contributed by atoms with Gasteiger partial charge in [0.1, 0.15) is 0 Å². The lowest BCUT2D eigenvalue weighted by Gasteiger charge is -2.15. The molecule has 11 heavy (non-hydrogen) atoms. The zero-order chi connectivity index (χ0) is 8.48. The quantitative estimate of drug-likeness (QED) is 0.661. The predicted molar refractivity (Wildman–Crippen MR) is 39.2 cm³/mol. The van der Waals surface area contributed by atoms with E-state index < -0.39 is 11.4 Å². The molecule has 0 unspecified atom stereocenters. The number of H-pyrrole nitrogens is 1. The number of carboxylic acid groups (broad SMARTS) is 1. The summed E-state index contributed by atoms with van der Waals surface area (Å²) in [4.78, 5) is 10.7. The van der Waals surface area contributed by atoms with Crippen molar-refractivity contribution in [2.24, 2.45) is 0 Å². The average Bonchev–Trinajstić information content (AvgIpc) is 2.37. The van der Waals surface area contributed by atoms with E-state index in [0.717, 1.165) is 0 Å². The van der Waals surface area contributed by atoms with E-state index in [4.69, 9.17) is 5.11 Å². The maximum Gasteiger partial charge on any atom is 0.313 e. The Labute approximate surface area is 64.2 Å². The molecule has 0 aliphatic rings. The molecule has 1 aromatic rings. The van der Waals surface area contributed by atoms with Crippen molar-refractivity contribution in [3.63, 3.8) is 0 Å². The fourth-order valence-electron chi connectivity index (χ4n) is 0.716. The van der Waals surface area contributed by atoms with Crippen LogP contribution in [0.1, 0.15) is 19.4 Å². The summed E-state index contributed by atoms with van der Waals surface area (Å²) in [5, 5.41) is 15.0. The fraction of sp³-hybridized carbons (Fsp3) is 0.429. The molecule has 0 fully saturated rings. The first-order valence-electron chi connectivity index (χ1n) is 3.28. The molecule has 2 N–H and O–H groups in total. The van der Waals surface area contributed by atoms with Gasteiger partial charge in [-0.15, -0.1) is 0 Å². The largest absolute Gasteiger partial charge is 0.481 e. The van der Waals surface area contributed by atoms with E-state index in [-0.39, 0.29) is 0 Å². The summed E-state index contributed by atoms with van der Waals surface area (Å²) in [5.41, 5.74) is -0.169. The minimum Gasteiger partial charge on any atom is -0.481 e. The summed E-state index contributed by atoms with van der Waals surface area (Å²) in [6.07, 6.45) is 3.11. The van der Waals surface area contributed by atoms with Crippen LogP contribution in [0.5, 0.6) is 0 Å². The molecule has 0 amide bonds. The highest BCUT2D eigenvalue weighted by Gasteiger charge is 2.29. The first-order valence-corrected chi connectivity index (χ1v) is 3.28. The van der Waals surface area contributed by atoms with Gasteiger partial charge in [0, 0.05) is 11.8 Å². The Morgan fingerprint density at radius 3 is 2.73 bits per heavy atom. The van der Waals surface area contributed by atoms with Crippen molar-refractivity contribution >= 4 is 5.97 Å². The molecule has 0 bridgehead atoms. The molecule has 0 aliphatic carbocycles. The number of rotatable bonds is 2. The highest BCUT2D eigenvalue weighted by atomic mass is 16.4. The standard InChI is InChI=1S/C7H10N2O2/c1-7(2,6(10)11)5-3-8-9-4-5/h3-4H,1-2H3,(H,8,9)(H,10,11). The van der Waals surface area contributed by atoms with Crippen LogP contribution in [0.4, 0.5) is 0 Å². The number of aromatic amines is 1. The Morgan fingerprint density at radius 1 is 1.73 bits per heavy atom. The van der Waals surface area contributed by atoms with Crippen molar-refractivity contribution in [3.8, 4) is 0 Å². The number of carbonyl (C=O) groups is 1. The molecular formula is C7H10N2O2. The minimum absolute atomic E-state index is 0.685. The summed E-state index contributed by atoms with van der Waals surface area (Å²) in [7, 11) is 0.